The first-order valence-electron chi connectivity index (χ1n) is 8.53. The molecule has 0 spiro atoms. The third kappa shape index (κ3) is 5.30. The molecule has 0 aliphatic heterocycles. The summed E-state index contributed by atoms with van der Waals surface area (Å²) in [5.74, 6) is -0.888. The Morgan fingerprint density at radius 3 is 2.50 bits per heavy atom. The van der Waals surface area contributed by atoms with Gasteiger partial charge in [-0.25, -0.2) is 17.9 Å². The third-order valence-electron chi connectivity index (χ3n) is 3.73. The fourth-order valence-corrected chi connectivity index (χ4v) is 3.41. The van der Waals surface area contributed by atoms with Gasteiger partial charge in [0.1, 0.15) is 5.75 Å². The molecule has 2 N–H and O–H groups in total. The third-order valence-corrected chi connectivity index (χ3v) is 5.28. The van der Waals surface area contributed by atoms with E-state index in [9.17, 15) is 18.0 Å². The molecule has 2 aromatic carbocycles. The molecule has 2 aromatic rings. The van der Waals surface area contributed by atoms with Crippen molar-refractivity contribution < 1.29 is 27.5 Å². The minimum absolute atomic E-state index is 0.0240. The molecule has 28 heavy (non-hydrogen) atoms. The molecule has 150 valence electrons. The predicted octanol–water partition coefficient (Wildman–Crippen LogP) is 2.18. The Balaban J connectivity index is 2.09. The number of rotatable bonds is 8. The maximum Gasteiger partial charge on any atom is 0.338 e. The first-order chi connectivity index (χ1) is 13.3. The van der Waals surface area contributed by atoms with Gasteiger partial charge in [-0.05, 0) is 37.3 Å². The van der Waals surface area contributed by atoms with Crippen LogP contribution in [-0.2, 0) is 19.6 Å². The number of carbonyl (C=O) groups excluding carboxylic acids is 2. The van der Waals surface area contributed by atoms with Crippen molar-refractivity contribution in [2.75, 3.05) is 19.0 Å². The fraction of sp³-hybridized carbons (Fsp3) is 0.263. The van der Waals surface area contributed by atoms with E-state index in [0.29, 0.717) is 11.4 Å². The zero-order valence-corrected chi connectivity index (χ0v) is 16.6. The molecule has 0 saturated heterocycles. The molecule has 0 aliphatic rings. The predicted molar refractivity (Wildman–Crippen MR) is 104 cm³/mol. The van der Waals surface area contributed by atoms with Crippen LogP contribution in [0.25, 0.3) is 0 Å². The SMILES string of the molecule is CCNS(=O)(=O)c1cccc(C(=O)O[C@@H](C)C(=O)Nc2ccccc2OC)c1. The minimum Gasteiger partial charge on any atom is -0.495 e. The topological polar surface area (TPSA) is 111 Å². The number of amides is 1. The number of nitrogens with one attached hydrogen (secondary N) is 2. The van der Waals surface area contributed by atoms with Crippen LogP contribution in [0.2, 0.25) is 0 Å². The van der Waals surface area contributed by atoms with Crippen LogP contribution in [0.1, 0.15) is 24.2 Å². The standard InChI is InChI=1S/C19H22N2O6S/c1-4-20-28(24,25)15-9-7-8-14(12-15)19(23)27-13(2)18(22)21-16-10-5-6-11-17(16)26-3/h5-13,20H,4H2,1-3H3,(H,21,22)/t13-/m0/s1. The summed E-state index contributed by atoms with van der Waals surface area (Å²) in [5.41, 5.74) is 0.465. The lowest BCUT2D eigenvalue weighted by Crippen LogP contribution is -2.30. The van der Waals surface area contributed by atoms with Crippen molar-refractivity contribution in [3.05, 3.63) is 54.1 Å². The maximum absolute atomic E-state index is 12.3. The van der Waals surface area contributed by atoms with E-state index in [4.69, 9.17) is 9.47 Å². The van der Waals surface area contributed by atoms with E-state index >= 15 is 0 Å². The molecule has 8 nitrogen and oxygen atoms in total. The van der Waals surface area contributed by atoms with Gasteiger partial charge in [0.25, 0.3) is 5.91 Å². The highest BCUT2D eigenvalue weighted by molar-refractivity contribution is 7.89. The Bertz CT molecular complexity index is 958. The molecule has 0 bridgehead atoms. The van der Waals surface area contributed by atoms with Crippen LogP contribution in [0.4, 0.5) is 5.69 Å². The lowest BCUT2D eigenvalue weighted by molar-refractivity contribution is -0.123. The van der Waals surface area contributed by atoms with Crippen LogP contribution in [0.3, 0.4) is 0 Å². The van der Waals surface area contributed by atoms with Crippen LogP contribution in [0.15, 0.2) is 53.4 Å². The minimum atomic E-state index is -3.71. The van der Waals surface area contributed by atoms with Crippen molar-refractivity contribution >= 4 is 27.6 Å². The average molecular weight is 406 g/mol. The highest BCUT2D eigenvalue weighted by Crippen LogP contribution is 2.23. The van der Waals surface area contributed by atoms with Crippen LogP contribution >= 0.6 is 0 Å². The number of carbonyl (C=O) groups is 2. The van der Waals surface area contributed by atoms with Gasteiger partial charge in [-0.15, -0.1) is 0 Å². The molecule has 0 unspecified atom stereocenters. The highest BCUT2D eigenvalue weighted by Gasteiger charge is 2.21. The molecule has 0 radical (unpaired) electrons. The summed E-state index contributed by atoms with van der Waals surface area (Å²) in [6, 6.07) is 12.2. The van der Waals surface area contributed by atoms with E-state index in [1.807, 2.05) is 0 Å². The van der Waals surface area contributed by atoms with Gasteiger partial charge in [0, 0.05) is 6.54 Å². The number of benzene rings is 2. The number of esters is 1. The van der Waals surface area contributed by atoms with Crippen molar-refractivity contribution in [1.82, 2.24) is 4.72 Å². The van der Waals surface area contributed by atoms with Crippen molar-refractivity contribution in [2.45, 2.75) is 24.8 Å². The summed E-state index contributed by atoms with van der Waals surface area (Å²) in [4.78, 5) is 24.6. The quantitative estimate of drug-likeness (QED) is 0.650. The Labute approximate surface area is 163 Å². The summed E-state index contributed by atoms with van der Waals surface area (Å²) in [6.07, 6.45) is -1.11. The molecule has 2 rings (SSSR count). The van der Waals surface area contributed by atoms with Crippen LogP contribution in [-0.4, -0.2) is 40.1 Å². The summed E-state index contributed by atoms with van der Waals surface area (Å²) in [5, 5.41) is 2.62. The van der Waals surface area contributed by atoms with E-state index < -0.39 is 28.0 Å². The van der Waals surface area contributed by atoms with E-state index in [1.54, 1.807) is 31.2 Å². The van der Waals surface area contributed by atoms with Gasteiger partial charge in [-0.3, -0.25) is 4.79 Å². The molecule has 0 aromatic heterocycles. The van der Waals surface area contributed by atoms with E-state index in [1.165, 1.54) is 38.3 Å². The second-order valence-electron chi connectivity index (χ2n) is 5.77. The van der Waals surface area contributed by atoms with E-state index in [2.05, 4.69) is 10.0 Å². The van der Waals surface area contributed by atoms with Gasteiger partial charge >= 0.3 is 5.97 Å². The van der Waals surface area contributed by atoms with Crippen molar-refractivity contribution in [3.63, 3.8) is 0 Å². The molecule has 0 heterocycles. The Morgan fingerprint density at radius 2 is 1.82 bits per heavy atom. The van der Waals surface area contributed by atoms with Gasteiger partial charge in [0.2, 0.25) is 10.0 Å². The normalized spacial score (nSPS) is 12.1. The number of ether oxygens (including phenoxy) is 2. The zero-order chi connectivity index (χ0) is 20.7. The summed E-state index contributed by atoms with van der Waals surface area (Å²) in [6.45, 7) is 3.29. The number of methoxy groups -OCH3 is 1. The van der Waals surface area contributed by atoms with Crippen molar-refractivity contribution in [3.8, 4) is 5.75 Å². The van der Waals surface area contributed by atoms with Crippen molar-refractivity contribution in [1.29, 1.82) is 0 Å². The first kappa shape index (κ1) is 21.4. The number of hydrogen-bond donors (Lipinski definition) is 2. The molecule has 9 heteroatoms. The number of sulfonamides is 1. The van der Waals surface area contributed by atoms with Gasteiger partial charge in [-0.1, -0.05) is 25.1 Å². The second kappa shape index (κ2) is 9.34. The van der Waals surface area contributed by atoms with Gasteiger partial charge < -0.3 is 14.8 Å². The van der Waals surface area contributed by atoms with Crippen LogP contribution in [0, 0.1) is 0 Å². The number of hydrogen-bond acceptors (Lipinski definition) is 6. The lowest BCUT2D eigenvalue weighted by atomic mass is 10.2. The van der Waals surface area contributed by atoms with Gasteiger partial charge in [0.05, 0.1) is 23.3 Å². The first-order valence-corrected chi connectivity index (χ1v) is 10.0. The summed E-state index contributed by atoms with van der Waals surface area (Å²) >= 11 is 0. The summed E-state index contributed by atoms with van der Waals surface area (Å²) < 4.78 is 36.8. The van der Waals surface area contributed by atoms with Gasteiger partial charge in [0.15, 0.2) is 6.10 Å². The molecule has 1 atom stereocenters. The zero-order valence-electron chi connectivity index (χ0n) is 15.8. The van der Waals surface area contributed by atoms with Crippen molar-refractivity contribution in [2.24, 2.45) is 0 Å². The molecular formula is C19H22N2O6S. The van der Waals surface area contributed by atoms with E-state index in [-0.39, 0.29) is 17.0 Å². The number of para-hydroxylation sites is 2. The molecular weight excluding hydrogens is 384 g/mol. The van der Waals surface area contributed by atoms with Crippen LogP contribution < -0.4 is 14.8 Å². The Morgan fingerprint density at radius 1 is 1.11 bits per heavy atom. The Kier molecular flexibility index (Phi) is 7.13. The van der Waals surface area contributed by atoms with E-state index in [0.717, 1.165) is 0 Å². The largest absolute Gasteiger partial charge is 0.495 e. The van der Waals surface area contributed by atoms with Crippen LogP contribution in [0.5, 0.6) is 5.75 Å². The monoisotopic (exact) mass is 406 g/mol. The van der Waals surface area contributed by atoms with Gasteiger partial charge in [-0.2, -0.15) is 0 Å². The lowest BCUT2D eigenvalue weighted by Gasteiger charge is -2.15. The number of anilines is 1. The highest BCUT2D eigenvalue weighted by atomic mass is 32.2. The molecule has 1 amide bonds. The molecule has 0 aliphatic carbocycles. The molecule has 0 saturated carbocycles. The fourth-order valence-electron chi connectivity index (χ4n) is 2.33. The smallest absolute Gasteiger partial charge is 0.338 e. The second-order valence-corrected chi connectivity index (χ2v) is 7.53. The summed E-state index contributed by atoms with van der Waals surface area (Å²) in [7, 11) is -2.24. The molecule has 0 fully saturated rings. The maximum atomic E-state index is 12.3. The average Bonchev–Trinajstić information content (AvgIpc) is 2.68. The Hall–Kier alpha value is -2.91.